The van der Waals surface area contributed by atoms with E-state index in [1.54, 1.807) is 22.2 Å². The minimum absolute atomic E-state index is 0.537. The molecule has 19 heavy (non-hydrogen) atoms. The van der Waals surface area contributed by atoms with E-state index < -0.39 is 12.0 Å². The van der Waals surface area contributed by atoms with Gasteiger partial charge in [0.1, 0.15) is 6.04 Å². The summed E-state index contributed by atoms with van der Waals surface area (Å²) in [5.74, 6) is -0.776. The molecule has 1 N–H and O–H groups in total. The maximum Gasteiger partial charge on any atom is 0.325 e. The molecular weight excluding hydrogens is 262 g/mol. The molecule has 2 aromatic heterocycles. The van der Waals surface area contributed by atoms with Crippen molar-refractivity contribution in [2.24, 2.45) is 7.05 Å². The van der Waals surface area contributed by atoms with Crippen LogP contribution in [0.5, 0.6) is 0 Å². The molecule has 0 saturated heterocycles. The zero-order valence-corrected chi connectivity index (χ0v) is 11.4. The summed E-state index contributed by atoms with van der Waals surface area (Å²) in [6.45, 7) is 1.39. The fraction of sp³-hybridized carbons (Fsp3) is 0.385. The fourth-order valence-corrected chi connectivity index (χ4v) is 3.50. The van der Waals surface area contributed by atoms with E-state index in [2.05, 4.69) is 5.10 Å². The Morgan fingerprint density at radius 2 is 2.42 bits per heavy atom. The first-order valence-corrected chi connectivity index (χ1v) is 7.05. The van der Waals surface area contributed by atoms with Crippen LogP contribution in [0.15, 0.2) is 23.7 Å². The lowest BCUT2D eigenvalue weighted by molar-refractivity contribution is -0.144. The Balaban J connectivity index is 1.90. The van der Waals surface area contributed by atoms with Crippen molar-refractivity contribution in [3.05, 3.63) is 39.8 Å². The van der Waals surface area contributed by atoms with Gasteiger partial charge in [-0.05, 0) is 29.5 Å². The first-order chi connectivity index (χ1) is 9.16. The lowest BCUT2D eigenvalue weighted by Crippen LogP contribution is -2.39. The number of nitrogens with zero attached hydrogens (tertiary/aromatic N) is 3. The Labute approximate surface area is 115 Å². The van der Waals surface area contributed by atoms with Crippen LogP contribution in [0.25, 0.3) is 0 Å². The molecule has 1 unspecified atom stereocenters. The Morgan fingerprint density at radius 1 is 1.58 bits per heavy atom. The summed E-state index contributed by atoms with van der Waals surface area (Å²) in [6, 6.07) is 3.33. The number of aryl methyl sites for hydroxylation is 1. The van der Waals surface area contributed by atoms with Gasteiger partial charge in [0.15, 0.2) is 0 Å². The standard InChI is InChI=1S/C13H15N3O2S/c1-15-9(2-5-14-15)8-16-6-3-11-10(4-7-19-11)12(16)13(17)18/h2,4-5,7,12H,3,6,8H2,1H3,(H,17,18). The molecule has 3 heterocycles. The SMILES string of the molecule is Cn1nccc1CN1CCc2sccc2C1C(=O)O. The number of carboxylic acids is 1. The second kappa shape index (κ2) is 4.79. The third-order valence-corrected chi connectivity index (χ3v) is 4.58. The molecule has 5 nitrogen and oxygen atoms in total. The normalized spacial score (nSPS) is 19.3. The second-order valence-electron chi connectivity index (χ2n) is 4.71. The monoisotopic (exact) mass is 277 g/mol. The molecule has 1 aliphatic rings. The number of aromatic nitrogens is 2. The van der Waals surface area contributed by atoms with Crippen LogP contribution >= 0.6 is 11.3 Å². The molecule has 0 aromatic carbocycles. The lowest BCUT2D eigenvalue weighted by Gasteiger charge is -2.32. The van der Waals surface area contributed by atoms with Gasteiger partial charge in [-0.25, -0.2) is 0 Å². The van der Waals surface area contributed by atoms with Gasteiger partial charge in [-0.15, -0.1) is 11.3 Å². The van der Waals surface area contributed by atoms with Crippen molar-refractivity contribution in [3.8, 4) is 0 Å². The minimum Gasteiger partial charge on any atom is -0.480 e. The first kappa shape index (κ1) is 12.4. The first-order valence-electron chi connectivity index (χ1n) is 6.17. The van der Waals surface area contributed by atoms with Crippen LogP contribution in [-0.4, -0.2) is 32.3 Å². The van der Waals surface area contributed by atoms with Gasteiger partial charge >= 0.3 is 5.97 Å². The zero-order chi connectivity index (χ0) is 13.4. The van der Waals surface area contributed by atoms with Gasteiger partial charge < -0.3 is 5.11 Å². The van der Waals surface area contributed by atoms with Crippen molar-refractivity contribution < 1.29 is 9.90 Å². The van der Waals surface area contributed by atoms with E-state index in [0.29, 0.717) is 6.54 Å². The molecule has 2 aromatic rings. The average Bonchev–Trinajstić information content (AvgIpc) is 2.98. The quantitative estimate of drug-likeness (QED) is 0.927. The Hall–Kier alpha value is -1.66. The highest BCUT2D eigenvalue weighted by molar-refractivity contribution is 7.10. The van der Waals surface area contributed by atoms with Crippen molar-refractivity contribution >= 4 is 17.3 Å². The Bertz CT molecular complexity index is 605. The van der Waals surface area contributed by atoms with E-state index in [0.717, 1.165) is 24.2 Å². The van der Waals surface area contributed by atoms with Crippen LogP contribution in [0.1, 0.15) is 22.2 Å². The number of carboxylic acid groups (broad SMARTS) is 1. The third-order valence-electron chi connectivity index (χ3n) is 3.59. The molecule has 0 radical (unpaired) electrons. The minimum atomic E-state index is -0.776. The summed E-state index contributed by atoms with van der Waals surface area (Å²) in [5.41, 5.74) is 1.98. The molecule has 3 rings (SSSR count). The van der Waals surface area contributed by atoms with E-state index >= 15 is 0 Å². The predicted octanol–water partition coefficient (Wildman–Crippen LogP) is 1.67. The molecule has 0 spiro atoms. The molecule has 0 fully saturated rings. The number of rotatable bonds is 3. The van der Waals surface area contributed by atoms with Crippen molar-refractivity contribution in [1.82, 2.24) is 14.7 Å². The van der Waals surface area contributed by atoms with Gasteiger partial charge in [-0.1, -0.05) is 0 Å². The molecule has 6 heteroatoms. The molecule has 0 amide bonds. The fourth-order valence-electron chi connectivity index (χ4n) is 2.59. The van der Waals surface area contributed by atoms with Crippen LogP contribution in [0.4, 0.5) is 0 Å². The highest BCUT2D eigenvalue weighted by Crippen LogP contribution is 2.34. The van der Waals surface area contributed by atoms with Gasteiger partial charge in [0.2, 0.25) is 0 Å². The summed E-state index contributed by atoms with van der Waals surface area (Å²) in [7, 11) is 1.88. The van der Waals surface area contributed by atoms with Crippen LogP contribution in [-0.2, 0) is 24.8 Å². The molecule has 0 bridgehead atoms. The lowest BCUT2D eigenvalue weighted by atomic mass is 10.00. The van der Waals surface area contributed by atoms with Gasteiger partial charge in [-0.2, -0.15) is 5.10 Å². The van der Waals surface area contributed by atoms with Crippen molar-refractivity contribution in [2.75, 3.05) is 6.54 Å². The molecule has 100 valence electrons. The largest absolute Gasteiger partial charge is 0.480 e. The van der Waals surface area contributed by atoms with Gasteiger partial charge in [-0.3, -0.25) is 14.4 Å². The van der Waals surface area contributed by atoms with Crippen LogP contribution in [0.3, 0.4) is 0 Å². The Morgan fingerprint density at radius 3 is 3.11 bits per heavy atom. The predicted molar refractivity (Wildman–Crippen MR) is 72.0 cm³/mol. The van der Waals surface area contributed by atoms with Gasteiger partial charge in [0.05, 0.1) is 5.69 Å². The zero-order valence-electron chi connectivity index (χ0n) is 10.6. The smallest absolute Gasteiger partial charge is 0.325 e. The van der Waals surface area contributed by atoms with E-state index in [1.807, 2.05) is 29.5 Å². The molecule has 1 atom stereocenters. The maximum absolute atomic E-state index is 11.6. The van der Waals surface area contributed by atoms with Crippen molar-refractivity contribution in [2.45, 2.75) is 19.0 Å². The number of hydrogen-bond acceptors (Lipinski definition) is 4. The van der Waals surface area contributed by atoms with Crippen molar-refractivity contribution in [1.29, 1.82) is 0 Å². The summed E-state index contributed by atoms with van der Waals surface area (Å²) in [6.07, 6.45) is 2.67. The van der Waals surface area contributed by atoms with Gasteiger partial charge in [0, 0.05) is 31.2 Å². The summed E-state index contributed by atoms with van der Waals surface area (Å²) >= 11 is 1.65. The number of fused-ring (bicyclic) bond motifs is 1. The maximum atomic E-state index is 11.6. The van der Waals surface area contributed by atoms with E-state index in [4.69, 9.17) is 0 Å². The van der Waals surface area contributed by atoms with Crippen LogP contribution < -0.4 is 0 Å². The summed E-state index contributed by atoms with van der Waals surface area (Å²) < 4.78 is 1.79. The molecule has 0 saturated carbocycles. The highest BCUT2D eigenvalue weighted by Gasteiger charge is 2.33. The van der Waals surface area contributed by atoms with E-state index in [1.165, 1.54) is 4.88 Å². The average molecular weight is 277 g/mol. The highest BCUT2D eigenvalue weighted by atomic mass is 32.1. The number of hydrogen-bond donors (Lipinski definition) is 1. The number of aliphatic carboxylic acids is 1. The molecule has 1 aliphatic heterocycles. The second-order valence-corrected chi connectivity index (χ2v) is 5.71. The Kier molecular flexibility index (Phi) is 3.12. The molecule has 0 aliphatic carbocycles. The van der Waals surface area contributed by atoms with Crippen LogP contribution in [0, 0.1) is 0 Å². The van der Waals surface area contributed by atoms with Gasteiger partial charge in [0.25, 0.3) is 0 Å². The third kappa shape index (κ3) is 2.17. The van der Waals surface area contributed by atoms with E-state index in [9.17, 15) is 9.90 Å². The molecular formula is C13H15N3O2S. The number of thiophene rings is 1. The van der Waals surface area contributed by atoms with E-state index in [-0.39, 0.29) is 0 Å². The summed E-state index contributed by atoms with van der Waals surface area (Å²) in [4.78, 5) is 14.8. The van der Waals surface area contributed by atoms with Crippen LogP contribution in [0.2, 0.25) is 0 Å². The summed E-state index contributed by atoms with van der Waals surface area (Å²) in [5, 5.41) is 15.6. The topological polar surface area (TPSA) is 58.4 Å². The van der Waals surface area contributed by atoms with Crippen molar-refractivity contribution in [3.63, 3.8) is 0 Å². The number of carbonyl (C=O) groups is 1.